The highest BCUT2D eigenvalue weighted by Gasteiger charge is 2.50. The molecule has 2 rings (SSSR count). The molecule has 2 aliphatic heterocycles. The lowest BCUT2D eigenvalue weighted by Crippen LogP contribution is -2.56. The minimum absolute atomic E-state index is 0.250. The van der Waals surface area contributed by atoms with E-state index in [1.807, 2.05) is 0 Å². The zero-order chi connectivity index (χ0) is 9.47. The van der Waals surface area contributed by atoms with Crippen molar-refractivity contribution in [2.75, 3.05) is 19.6 Å². The van der Waals surface area contributed by atoms with Crippen LogP contribution in [0.25, 0.3) is 0 Å². The second-order valence-corrected chi connectivity index (χ2v) is 3.19. The van der Waals surface area contributed by atoms with Crippen molar-refractivity contribution in [3.8, 4) is 0 Å². The third-order valence-corrected chi connectivity index (χ3v) is 2.31. The van der Waals surface area contributed by atoms with Gasteiger partial charge in [-0.1, -0.05) is 0 Å². The molecule has 0 aromatic carbocycles. The molecule has 0 aliphatic carbocycles. The molecule has 0 aromatic heterocycles. The number of fused-ring (bicyclic) bond motifs is 1. The van der Waals surface area contributed by atoms with Crippen molar-refractivity contribution in [2.45, 2.75) is 18.5 Å². The third kappa shape index (κ3) is 1.64. The first-order chi connectivity index (χ1) is 6.09. The fraction of sp³-hybridized carbons (Fsp3) is 1.00. The molecule has 3 N–H and O–H groups in total. The van der Waals surface area contributed by atoms with E-state index in [1.165, 1.54) is 4.90 Å². The highest BCUT2D eigenvalue weighted by atomic mass is 19.4. The largest absolute Gasteiger partial charge is 0.418 e. The summed E-state index contributed by atoms with van der Waals surface area (Å²) in [6.07, 6.45) is -6.00. The summed E-state index contributed by atoms with van der Waals surface area (Å²) in [5.74, 6) is 0. The van der Waals surface area contributed by atoms with Crippen LogP contribution in [-0.4, -0.2) is 43.0 Å². The summed E-state index contributed by atoms with van der Waals surface area (Å²) in [7, 11) is 0. The van der Waals surface area contributed by atoms with Gasteiger partial charge < -0.3 is 5.32 Å². The number of nitrogens with one attached hydrogen (secondary N) is 3. The Kier molecular flexibility index (Phi) is 2.18. The molecule has 2 aliphatic rings. The molecule has 2 heterocycles. The van der Waals surface area contributed by atoms with Crippen molar-refractivity contribution < 1.29 is 13.2 Å². The van der Waals surface area contributed by atoms with E-state index in [9.17, 15) is 13.2 Å². The lowest BCUT2D eigenvalue weighted by molar-refractivity contribution is -0.185. The average molecular weight is 196 g/mol. The smallest absolute Gasteiger partial charge is 0.313 e. The number of hydrogen-bond donors (Lipinski definition) is 3. The summed E-state index contributed by atoms with van der Waals surface area (Å²) >= 11 is 0. The van der Waals surface area contributed by atoms with Crippen molar-refractivity contribution in [3.05, 3.63) is 0 Å². The van der Waals surface area contributed by atoms with Crippen molar-refractivity contribution >= 4 is 0 Å². The summed E-state index contributed by atoms with van der Waals surface area (Å²) in [6.45, 7) is 1.56. The van der Waals surface area contributed by atoms with Crippen molar-refractivity contribution in [3.63, 3.8) is 0 Å². The Morgan fingerprint density at radius 1 is 1.23 bits per heavy atom. The molecular formula is C6H11F3N4. The molecule has 2 fully saturated rings. The summed E-state index contributed by atoms with van der Waals surface area (Å²) in [4.78, 5) is 1.39. The molecule has 0 aromatic rings. The van der Waals surface area contributed by atoms with Crippen LogP contribution in [0.4, 0.5) is 13.2 Å². The van der Waals surface area contributed by atoms with Gasteiger partial charge in [0.15, 0.2) is 6.17 Å². The van der Waals surface area contributed by atoms with E-state index in [-0.39, 0.29) is 6.17 Å². The Morgan fingerprint density at radius 2 is 2.00 bits per heavy atom. The van der Waals surface area contributed by atoms with Crippen molar-refractivity contribution in [1.82, 2.24) is 21.1 Å². The van der Waals surface area contributed by atoms with Gasteiger partial charge in [-0.15, -0.1) is 0 Å². The van der Waals surface area contributed by atoms with Crippen molar-refractivity contribution in [1.29, 1.82) is 0 Å². The van der Waals surface area contributed by atoms with Gasteiger partial charge in [0.1, 0.15) is 0 Å². The molecule has 13 heavy (non-hydrogen) atoms. The molecule has 4 nitrogen and oxygen atoms in total. The van der Waals surface area contributed by atoms with Crippen molar-refractivity contribution in [2.24, 2.45) is 0 Å². The standard InChI is InChI=1S/C6H11F3N4/c7-6(8,9)5-12-11-4-3-10-1-2-13(4)5/h4-5,10-12H,1-3H2/t4?,5-/m1/s1. The maximum absolute atomic E-state index is 12.4. The van der Waals surface area contributed by atoms with Gasteiger partial charge in [-0.3, -0.25) is 4.90 Å². The molecule has 7 heteroatoms. The second kappa shape index (κ2) is 3.09. The number of hydrazine groups is 1. The van der Waals surface area contributed by atoms with E-state index in [0.29, 0.717) is 19.6 Å². The predicted molar refractivity (Wildman–Crippen MR) is 39.5 cm³/mol. The van der Waals surface area contributed by atoms with E-state index < -0.39 is 12.3 Å². The van der Waals surface area contributed by atoms with Crippen LogP contribution in [-0.2, 0) is 0 Å². The van der Waals surface area contributed by atoms with Crippen LogP contribution in [0.5, 0.6) is 0 Å². The monoisotopic (exact) mass is 196 g/mol. The van der Waals surface area contributed by atoms with Crippen LogP contribution in [0.15, 0.2) is 0 Å². The van der Waals surface area contributed by atoms with Gasteiger partial charge in [0, 0.05) is 19.6 Å². The van der Waals surface area contributed by atoms with Crippen LogP contribution in [0, 0.1) is 0 Å². The molecule has 0 spiro atoms. The van der Waals surface area contributed by atoms with E-state index in [0.717, 1.165) is 0 Å². The van der Waals surface area contributed by atoms with E-state index in [2.05, 4.69) is 16.2 Å². The fourth-order valence-electron chi connectivity index (χ4n) is 1.69. The lowest BCUT2D eigenvalue weighted by atomic mass is 10.3. The molecule has 76 valence electrons. The lowest BCUT2D eigenvalue weighted by Gasteiger charge is -2.32. The average Bonchev–Trinajstić information content (AvgIpc) is 2.45. The van der Waals surface area contributed by atoms with Crippen LogP contribution < -0.4 is 16.2 Å². The maximum atomic E-state index is 12.4. The molecule has 2 atom stereocenters. The van der Waals surface area contributed by atoms with Gasteiger partial charge in [0.2, 0.25) is 0 Å². The SMILES string of the molecule is FC(F)(F)[C@@H]1NNC2CNCCN21. The summed E-state index contributed by atoms with van der Waals surface area (Å²) in [6, 6.07) is 0. The fourth-order valence-corrected chi connectivity index (χ4v) is 1.69. The topological polar surface area (TPSA) is 39.3 Å². The molecular weight excluding hydrogens is 185 g/mol. The minimum Gasteiger partial charge on any atom is -0.313 e. The zero-order valence-corrected chi connectivity index (χ0v) is 6.86. The van der Waals surface area contributed by atoms with E-state index in [4.69, 9.17) is 0 Å². The normalized spacial score (nSPS) is 36.2. The summed E-state index contributed by atoms with van der Waals surface area (Å²) in [5.41, 5.74) is 4.86. The van der Waals surface area contributed by atoms with Gasteiger partial charge in [0.25, 0.3) is 0 Å². The molecule has 0 bridgehead atoms. The first-order valence-electron chi connectivity index (χ1n) is 4.13. The molecule has 2 saturated heterocycles. The van der Waals surface area contributed by atoms with Crippen LogP contribution in [0.1, 0.15) is 0 Å². The predicted octanol–water partition coefficient (Wildman–Crippen LogP) is -0.786. The number of alkyl halides is 3. The van der Waals surface area contributed by atoms with Gasteiger partial charge in [-0.05, 0) is 0 Å². The van der Waals surface area contributed by atoms with Gasteiger partial charge in [-0.2, -0.15) is 13.2 Å². The number of rotatable bonds is 0. The first kappa shape index (κ1) is 9.20. The Bertz CT molecular complexity index is 195. The number of hydrogen-bond acceptors (Lipinski definition) is 4. The first-order valence-corrected chi connectivity index (χ1v) is 4.13. The maximum Gasteiger partial charge on any atom is 0.418 e. The molecule has 0 saturated carbocycles. The highest BCUT2D eigenvalue weighted by molar-refractivity contribution is 4.89. The Morgan fingerprint density at radius 3 is 2.69 bits per heavy atom. The van der Waals surface area contributed by atoms with Crippen LogP contribution >= 0.6 is 0 Å². The van der Waals surface area contributed by atoms with E-state index in [1.54, 1.807) is 0 Å². The number of halogens is 3. The Hall–Kier alpha value is -0.370. The molecule has 0 amide bonds. The van der Waals surface area contributed by atoms with Crippen LogP contribution in [0.3, 0.4) is 0 Å². The second-order valence-electron chi connectivity index (χ2n) is 3.19. The molecule has 0 radical (unpaired) electrons. The van der Waals surface area contributed by atoms with Crippen LogP contribution in [0.2, 0.25) is 0 Å². The van der Waals surface area contributed by atoms with Gasteiger partial charge in [-0.25, -0.2) is 10.9 Å². The molecule has 1 unspecified atom stereocenters. The minimum atomic E-state index is -4.21. The summed E-state index contributed by atoms with van der Waals surface area (Å²) in [5, 5.41) is 3.02. The quantitative estimate of drug-likeness (QED) is 0.475. The van der Waals surface area contributed by atoms with Gasteiger partial charge in [0.05, 0.1) is 6.17 Å². The Balaban J connectivity index is 2.07. The number of piperazine rings is 1. The zero-order valence-electron chi connectivity index (χ0n) is 6.86. The summed E-state index contributed by atoms with van der Waals surface area (Å²) < 4.78 is 37.1. The Labute approximate surface area is 73.4 Å². The highest BCUT2D eigenvalue weighted by Crippen LogP contribution is 2.26. The number of nitrogens with zero attached hydrogens (tertiary/aromatic N) is 1. The van der Waals surface area contributed by atoms with Gasteiger partial charge >= 0.3 is 6.18 Å². The third-order valence-electron chi connectivity index (χ3n) is 2.31. The van der Waals surface area contributed by atoms with E-state index >= 15 is 0 Å².